The second kappa shape index (κ2) is 45.7. The smallest absolute Gasteiger partial charge is 0.338 e. The van der Waals surface area contributed by atoms with Gasteiger partial charge in [0.15, 0.2) is 23.0 Å². The summed E-state index contributed by atoms with van der Waals surface area (Å²) >= 11 is 0. The van der Waals surface area contributed by atoms with Crippen LogP contribution in [0, 0.1) is 11.6 Å². The highest BCUT2D eigenvalue weighted by atomic mass is 19.1. The van der Waals surface area contributed by atoms with Crippen molar-refractivity contribution in [2.45, 2.75) is 145 Å². The highest BCUT2D eigenvalue weighted by Crippen LogP contribution is 2.52. The molecule has 0 fully saturated rings. The van der Waals surface area contributed by atoms with E-state index in [1.807, 2.05) is 24.3 Å². The molecule has 0 spiro atoms. The largest absolute Gasteiger partial charge is 0.493 e. The summed E-state index contributed by atoms with van der Waals surface area (Å²) in [4.78, 5) is 145. The van der Waals surface area contributed by atoms with Crippen LogP contribution in [-0.2, 0) is 102 Å². The first kappa shape index (κ1) is 103. The number of methoxy groups -OCH3 is 2. The predicted molar refractivity (Wildman–Crippen MR) is 503 cm³/mol. The van der Waals surface area contributed by atoms with Gasteiger partial charge in [0, 0.05) is 102 Å². The van der Waals surface area contributed by atoms with E-state index in [1.54, 1.807) is 95.3 Å². The van der Waals surface area contributed by atoms with Gasteiger partial charge in [0.25, 0.3) is 0 Å². The molecule has 0 saturated carbocycles. The maximum Gasteiger partial charge on any atom is 0.338 e. The maximum atomic E-state index is 14.4. The van der Waals surface area contributed by atoms with Gasteiger partial charge in [0.2, 0.25) is 0 Å². The lowest BCUT2D eigenvalue weighted by atomic mass is 9.95. The number of benzene rings is 8. The number of hydrogen-bond acceptors (Lipinski definition) is 26. The molecule has 0 heterocycles. The number of carbonyl (C=O) groups excluding carboxylic acids is 12. The molecule has 28 heteroatoms. The van der Waals surface area contributed by atoms with Gasteiger partial charge in [0.05, 0.1) is 14.2 Å². The van der Waals surface area contributed by atoms with Crippen molar-refractivity contribution in [1.82, 2.24) is 0 Å². The fraction of sp³-hybridized carbons (Fsp3) is 0.222. The molecule has 8 aromatic rings. The van der Waals surface area contributed by atoms with Crippen LogP contribution in [0.2, 0.25) is 0 Å². The molecule has 4 atom stereocenters. The van der Waals surface area contributed by atoms with Gasteiger partial charge in [-0.1, -0.05) is 115 Å². The molecule has 26 nitrogen and oxygen atoms in total. The lowest BCUT2D eigenvalue weighted by Crippen LogP contribution is -2.14. The molecule has 0 aliphatic heterocycles. The Morgan fingerprint density at radius 1 is 0.265 bits per heavy atom. The van der Waals surface area contributed by atoms with Crippen LogP contribution in [0.5, 0.6) is 57.5 Å². The van der Waals surface area contributed by atoms with E-state index < -0.39 is 108 Å². The molecule has 0 N–H and O–H groups in total. The zero-order valence-electron chi connectivity index (χ0n) is 77.5. The second-order valence-electron chi connectivity index (χ2n) is 32.2. The molecule has 0 amide bonds. The molecule has 136 heavy (non-hydrogen) atoms. The van der Waals surface area contributed by atoms with E-state index in [0.29, 0.717) is 119 Å². The summed E-state index contributed by atoms with van der Waals surface area (Å²) in [6.07, 6.45) is 3.59. The standard InChI is InChI=1S/C28H28O7.C27H25FO6.C27H26O7.C26H23FO6/c1-15(2)26(29)33-22-12-9-19(20-10-13-23(25(20)22)34-27(30)16(3)4)18-8-11-21(32-7)24(14-18)35-28(31)17(5)6;1-14(2)25(29)32-19-12-17(11-18(28)13-19)20-7-9-22(33-26(30)15(3)4)24-21(20)8-10-23(24)34-27(31)16(5)6;1-7-24(28)32-21-13-10-19-18(9-12-22(25(19)21)33-26(29)15(2)3)17-8-11-20(31-6)23(14-17)34-27(30)16(4)5;1-6-23(28)32-21-10-8-20-19(7-9-22(24(20)21)33-26(30)15(4)5)16-11-17(27)13-18(12-16)31-25(29)14(2)3/h8-9,11-12,14,23H,1,3,5,10,13H2,2,4,6-7H3;7,9,11-13,23H,1,3,5,8,10H2,2,4,6H3;7-9,11-12,14,21H,1-2,4,10,13H2,3,5-6H3;6-7,9,11-13,21H,1-2,4,8,10H2,3,5H3. The summed E-state index contributed by atoms with van der Waals surface area (Å²) in [5.74, 6) is -5.97. The highest BCUT2D eigenvalue weighted by molar-refractivity contribution is 5.96. The number of fused-ring (bicyclic) bond motifs is 4. The third-order valence-corrected chi connectivity index (χ3v) is 21.0. The van der Waals surface area contributed by atoms with Gasteiger partial charge in [0.1, 0.15) is 70.5 Å². The quantitative estimate of drug-likeness (QED) is 0.0175. The number of carbonyl (C=O) groups is 12. The normalized spacial score (nSPS) is 14.0. The van der Waals surface area contributed by atoms with E-state index in [9.17, 15) is 66.3 Å². The van der Waals surface area contributed by atoms with Gasteiger partial charge in [-0.05, 0) is 260 Å². The molecule has 704 valence electrons. The minimum absolute atomic E-state index is 0.0252. The summed E-state index contributed by atoms with van der Waals surface area (Å²) in [5, 5.41) is 0. The number of halogens is 2. The van der Waals surface area contributed by atoms with Crippen LogP contribution in [0.1, 0.15) is 164 Å². The van der Waals surface area contributed by atoms with E-state index in [4.69, 9.17) is 66.3 Å². The number of esters is 12. The molecule has 0 aromatic heterocycles. The van der Waals surface area contributed by atoms with Gasteiger partial charge < -0.3 is 66.3 Å². The minimum atomic E-state index is -0.679. The van der Waals surface area contributed by atoms with Crippen molar-refractivity contribution in [2.24, 2.45) is 0 Å². The first-order valence-electron chi connectivity index (χ1n) is 42.3. The van der Waals surface area contributed by atoms with E-state index >= 15 is 0 Å². The van der Waals surface area contributed by atoms with Crippen molar-refractivity contribution in [3.63, 3.8) is 0 Å². The number of ether oxygens (including phenoxy) is 14. The van der Waals surface area contributed by atoms with Gasteiger partial charge in [-0.3, -0.25) is 0 Å². The van der Waals surface area contributed by atoms with Crippen molar-refractivity contribution in [3.8, 4) is 102 Å². The van der Waals surface area contributed by atoms with Crippen LogP contribution in [0.15, 0.2) is 268 Å². The van der Waals surface area contributed by atoms with Gasteiger partial charge >= 0.3 is 71.6 Å². The third-order valence-electron chi connectivity index (χ3n) is 21.0. The molecule has 8 aromatic carbocycles. The van der Waals surface area contributed by atoms with Crippen LogP contribution in [-0.4, -0.2) is 85.9 Å². The Balaban J connectivity index is 0.000000203. The summed E-state index contributed by atoms with van der Waals surface area (Å²) in [7, 11) is 2.96. The Kier molecular flexibility index (Phi) is 34.8. The first-order chi connectivity index (χ1) is 64.3. The van der Waals surface area contributed by atoms with Crippen molar-refractivity contribution in [3.05, 3.63) is 324 Å². The minimum Gasteiger partial charge on any atom is -0.493 e. The Hall–Kier alpha value is -16.3. The van der Waals surface area contributed by atoms with Crippen LogP contribution >= 0.6 is 0 Å². The zero-order valence-corrected chi connectivity index (χ0v) is 77.5. The SMILES string of the molecule is C=C(C)C(=O)Oc1cc(-c2ccc(OC(=O)C(=C)C)c3c2CCC3OC(=O)C(=C)C)ccc1OC.C=C(C)C(=O)Oc1cc(F)cc(-c2ccc(OC(=O)C(=C)C)c3c2CCC3OC(=O)C(=C)C)c1.C=CC(=O)OC1CCc2c(-c3cc(F)cc(OC(=O)C(=C)C)c3)ccc(OC(=O)C(=C)C)c21.C=CC(=O)OC1CCc2c(-c3ccc(OC)c(OC(=O)C(=C)C)c3)ccc(OC(=O)C(=C)C)c21. The van der Waals surface area contributed by atoms with Gasteiger partial charge in [-0.25, -0.2) is 66.3 Å². The third kappa shape index (κ3) is 25.7. The lowest BCUT2D eigenvalue weighted by Gasteiger charge is -2.19. The summed E-state index contributed by atoms with van der Waals surface area (Å²) < 4.78 is 105. The molecular formula is C108H102F2O26. The number of hydrogen-bond donors (Lipinski definition) is 0. The van der Waals surface area contributed by atoms with Crippen molar-refractivity contribution in [2.75, 3.05) is 14.2 Å². The average Bonchev–Trinajstić information content (AvgIpc) is 1.60. The number of rotatable bonds is 30. The maximum absolute atomic E-state index is 14.4. The Morgan fingerprint density at radius 2 is 0.485 bits per heavy atom. The van der Waals surface area contributed by atoms with Gasteiger partial charge in [-0.2, -0.15) is 0 Å². The zero-order chi connectivity index (χ0) is 100. The summed E-state index contributed by atoms with van der Waals surface area (Å²) in [6, 6.07) is 31.7. The van der Waals surface area contributed by atoms with E-state index in [1.165, 1.54) is 73.1 Å². The van der Waals surface area contributed by atoms with Crippen LogP contribution < -0.4 is 47.4 Å². The molecule has 12 rings (SSSR count). The Morgan fingerprint density at radius 3 is 0.721 bits per heavy atom. The molecule has 4 aliphatic rings. The first-order valence-corrected chi connectivity index (χ1v) is 42.3. The van der Waals surface area contributed by atoms with E-state index in [2.05, 4.69) is 78.9 Å². The van der Waals surface area contributed by atoms with Crippen LogP contribution in [0.25, 0.3) is 44.5 Å². The second-order valence-corrected chi connectivity index (χ2v) is 32.2. The Labute approximate surface area is 785 Å². The summed E-state index contributed by atoms with van der Waals surface area (Å²) in [5.41, 5.74) is 13.0. The molecular weight excluding hydrogens is 1750 g/mol. The van der Waals surface area contributed by atoms with Crippen molar-refractivity contribution in [1.29, 1.82) is 0 Å². The highest BCUT2D eigenvalue weighted by Gasteiger charge is 2.39. The van der Waals surface area contributed by atoms with Crippen molar-refractivity contribution < 1.29 is 133 Å². The molecule has 0 bridgehead atoms. The lowest BCUT2D eigenvalue weighted by molar-refractivity contribution is -0.145. The monoisotopic (exact) mass is 1850 g/mol. The van der Waals surface area contributed by atoms with Crippen LogP contribution in [0.3, 0.4) is 0 Å². The average molecular weight is 1850 g/mol. The molecule has 0 saturated heterocycles. The summed E-state index contributed by atoms with van der Waals surface area (Å²) in [6.45, 7) is 58.2. The van der Waals surface area contributed by atoms with E-state index in [0.717, 1.165) is 68.8 Å². The Bertz CT molecular complexity index is 6420. The van der Waals surface area contributed by atoms with E-state index in [-0.39, 0.29) is 90.2 Å². The van der Waals surface area contributed by atoms with Gasteiger partial charge in [-0.15, -0.1) is 0 Å². The molecule has 4 unspecified atom stereocenters. The topological polar surface area (TPSA) is 334 Å². The fourth-order valence-electron chi connectivity index (χ4n) is 14.4. The van der Waals surface area contributed by atoms with Crippen LogP contribution in [0.4, 0.5) is 8.78 Å². The van der Waals surface area contributed by atoms with Crippen molar-refractivity contribution >= 4 is 71.6 Å². The molecule has 0 radical (unpaired) electrons. The predicted octanol–water partition coefficient (Wildman–Crippen LogP) is 21.2. The molecule has 4 aliphatic carbocycles. The fourth-order valence-corrected chi connectivity index (χ4v) is 14.4.